The molecule has 4 nitrogen and oxygen atoms in total. The Balaban J connectivity index is 1.81. The minimum Gasteiger partial charge on any atom is -0.468 e. The van der Waals surface area contributed by atoms with E-state index in [4.69, 9.17) is 16.3 Å². The molecule has 3 unspecified atom stereocenters. The van der Waals surface area contributed by atoms with E-state index in [1.165, 1.54) is 0 Å². The number of ketones is 1. The van der Waals surface area contributed by atoms with Crippen LogP contribution in [0.3, 0.4) is 0 Å². The lowest BCUT2D eigenvalue weighted by molar-refractivity contribution is -0.137. The maximum atomic E-state index is 13.0. The molecule has 2 aromatic rings. The first kappa shape index (κ1) is 15.2. The lowest BCUT2D eigenvalue weighted by Crippen LogP contribution is -2.61. The van der Waals surface area contributed by atoms with Gasteiger partial charge in [0.05, 0.1) is 0 Å². The molecule has 122 valence electrons. The quantitative estimate of drug-likeness (QED) is 0.671. The van der Waals surface area contributed by atoms with Gasteiger partial charge in [-0.3, -0.25) is 9.59 Å². The van der Waals surface area contributed by atoms with Crippen LogP contribution >= 0.6 is 11.6 Å². The molecule has 1 N–H and O–H groups in total. The molecule has 0 saturated carbocycles. The second-order valence-electron chi connectivity index (χ2n) is 6.52. The largest absolute Gasteiger partial charge is 0.468 e. The van der Waals surface area contributed by atoms with E-state index in [1.54, 1.807) is 42.5 Å². The summed E-state index contributed by atoms with van der Waals surface area (Å²) in [7, 11) is 0. The zero-order valence-electron chi connectivity index (χ0n) is 13.1. The Hall–Kier alpha value is -2.33. The molecular formula is C19H16ClNO3. The number of hydrogen-bond donors (Lipinski definition) is 1. The predicted molar refractivity (Wildman–Crippen MR) is 90.2 cm³/mol. The first-order valence-electron chi connectivity index (χ1n) is 7.87. The molecule has 0 radical (unpaired) electrons. The summed E-state index contributed by atoms with van der Waals surface area (Å²) in [6.45, 7) is 1.83. The monoisotopic (exact) mass is 341 g/mol. The summed E-state index contributed by atoms with van der Waals surface area (Å²) < 4.78 is 5.95. The van der Waals surface area contributed by atoms with Crippen LogP contribution in [0.15, 0.2) is 48.5 Å². The number of amides is 1. The van der Waals surface area contributed by atoms with Crippen molar-refractivity contribution in [3.63, 3.8) is 0 Å². The summed E-state index contributed by atoms with van der Waals surface area (Å²) in [5.41, 5.74) is 0.566. The highest BCUT2D eigenvalue weighted by Gasteiger charge is 2.51. The number of carbonyl (C=O) groups excluding carboxylic acids is 2. The Morgan fingerprint density at radius 3 is 2.75 bits per heavy atom. The van der Waals surface area contributed by atoms with Crippen LogP contribution in [0.4, 0.5) is 0 Å². The van der Waals surface area contributed by atoms with Gasteiger partial charge < -0.3 is 10.1 Å². The highest BCUT2D eigenvalue weighted by molar-refractivity contribution is 6.30. The van der Waals surface area contributed by atoms with Crippen molar-refractivity contribution in [2.75, 3.05) is 0 Å². The lowest BCUT2D eigenvalue weighted by atomic mass is 9.72. The highest BCUT2D eigenvalue weighted by Crippen LogP contribution is 2.48. The van der Waals surface area contributed by atoms with E-state index in [0.717, 1.165) is 5.56 Å². The van der Waals surface area contributed by atoms with Crippen molar-refractivity contribution >= 4 is 23.3 Å². The van der Waals surface area contributed by atoms with Gasteiger partial charge in [-0.05, 0) is 25.1 Å². The summed E-state index contributed by atoms with van der Waals surface area (Å²) in [5.74, 6) is -0.828. The van der Waals surface area contributed by atoms with Gasteiger partial charge in [-0.1, -0.05) is 41.9 Å². The van der Waals surface area contributed by atoms with Crippen LogP contribution in [0.5, 0.6) is 5.75 Å². The molecule has 2 heterocycles. The average molecular weight is 342 g/mol. The Kier molecular flexibility index (Phi) is 3.39. The van der Waals surface area contributed by atoms with Gasteiger partial charge in [0.1, 0.15) is 11.7 Å². The number of piperidine rings is 1. The third-order valence-corrected chi connectivity index (χ3v) is 4.96. The van der Waals surface area contributed by atoms with Crippen molar-refractivity contribution in [3.8, 4) is 5.75 Å². The van der Waals surface area contributed by atoms with Gasteiger partial charge in [0.15, 0.2) is 11.5 Å². The second-order valence-corrected chi connectivity index (χ2v) is 6.96. The Bertz CT molecular complexity index is 836. The van der Waals surface area contributed by atoms with Crippen molar-refractivity contribution in [2.24, 2.45) is 5.92 Å². The molecule has 1 fully saturated rings. The zero-order chi connectivity index (χ0) is 16.9. The molecule has 2 bridgehead atoms. The van der Waals surface area contributed by atoms with Crippen LogP contribution in [0.1, 0.15) is 35.2 Å². The molecule has 24 heavy (non-hydrogen) atoms. The number of benzene rings is 2. The smallest absolute Gasteiger partial charge is 0.234 e. The standard InChI is InChI=1S/C19H16ClNO3/c1-19-10-14(13-9-12(20)7-8-15(13)24-19)16(18(23)21-19)17(22)11-5-3-2-4-6-11/h2-9,14,16H,10H2,1H3,(H,21,23). The van der Waals surface area contributed by atoms with Crippen molar-refractivity contribution in [3.05, 3.63) is 64.7 Å². The van der Waals surface area contributed by atoms with Crippen LogP contribution in [0, 0.1) is 5.92 Å². The van der Waals surface area contributed by atoms with Crippen molar-refractivity contribution in [2.45, 2.75) is 25.0 Å². The maximum absolute atomic E-state index is 13.0. The molecule has 0 aliphatic carbocycles. The first-order valence-corrected chi connectivity index (χ1v) is 8.24. The number of ether oxygens (including phenoxy) is 1. The van der Waals surface area contributed by atoms with Crippen LogP contribution in [0.2, 0.25) is 5.02 Å². The lowest BCUT2D eigenvalue weighted by Gasteiger charge is -2.46. The van der Waals surface area contributed by atoms with E-state index in [-0.39, 0.29) is 17.6 Å². The van der Waals surface area contributed by atoms with Crippen molar-refractivity contribution in [1.82, 2.24) is 5.32 Å². The van der Waals surface area contributed by atoms with E-state index in [9.17, 15) is 9.59 Å². The summed E-state index contributed by atoms with van der Waals surface area (Å²) in [6, 6.07) is 14.3. The molecular weight excluding hydrogens is 326 g/mol. The van der Waals surface area contributed by atoms with E-state index in [0.29, 0.717) is 22.8 Å². The fourth-order valence-electron chi connectivity index (χ4n) is 3.69. The van der Waals surface area contributed by atoms with E-state index in [1.807, 2.05) is 13.0 Å². The number of fused-ring (bicyclic) bond motifs is 4. The molecule has 5 heteroatoms. The van der Waals surface area contributed by atoms with Gasteiger partial charge in [-0.15, -0.1) is 0 Å². The van der Waals surface area contributed by atoms with Crippen LogP contribution in [-0.2, 0) is 4.79 Å². The number of nitrogens with one attached hydrogen (secondary N) is 1. The fraction of sp³-hybridized carbons (Fsp3) is 0.263. The van der Waals surface area contributed by atoms with Gasteiger partial charge in [-0.2, -0.15) is 0 Å². The van der Waals surface area contributed by atoms with Crippen LogP contribution in [-0.4, -0.2) is 17.4 Å². The fourth-order valence-corrected chi connectivity index (χ4v) is 3.88. The van der Waals surface area contributed by atoms with Crippen LogP contribution in [0.25, 0.3) is 0 Å². The summed E-state index contributed by atoms with van der Waals surface area (Å²) in [6.07, 6.45) is 0.537. The predicted octanol–water partition coefficient (Wildman–Crippen LogP) is 3.55. The van der Waals surface area contributed by atoms with Crippen molar-refractivity contribution in [1.29, 1.82) is 0 Å². The molecule has 1 saturated heterocycles. The summed E-state index contributed by atoms with van der Waals surface area (Å²) in [4.78, 5) is 25.7. The topological polar surface area (TPSA) is 55.4 Å². The number of rotatable bonds is 2. The van der Waals surface area contributed by atoms with E-state index >= 15 is 0 Å². The number of carbonyl (C=O) groups is 2. The van der Waals surface area contributed by atoms with Gasteiger partial charge in [0, 0.05) is 28.5 Å². The zero-order valence-corrected chi connectivity index (χ0v) is 13.8. The Labute approximate surface area is 144 Å². The maximum Gasteiger partial charge on any atom is 0.234 e. The minimum absolute atomic E-state index is 0.173. The van der Waals surface area contributed by atoms with Crippen molar-refractivity contribution < 1.29 is 14.3 Å². The Morgan fingerprint density at radius 1 is 1.25 bits per heavy atom. The number of Topliss-reactive ketones (excluding diaryl/α,β-unsaturated/α-hetero) is 1. The van der Waals surface area contributed by atoms with E-state index in [2.05, 4.69) is 5.32 Å². The molecule has 3 atom stereocenters. The highest BCUT2D eigenvalue weighted by atomic mass is 35.5. The summed E-state index contributed by atoms with van der Waals surface area (Å²) >= 11 is 6.13. The molecule has 2 aliphatic rings. The molecule has 0 spiro atoms. The van der Waals surface area contributed by atoms with Crippen LogP contribution < -0.4 is 10.1 Å². The SMILES string of the molecule is CC12CC(c3cc(Cl)ccc3O1)C(C(=O)c1ccccc1)C(=O)N2. The minimum atomic E-state index is -0.796. The summed E-state index contributed by atoms with van der Waals surface area (Å²) in [5, 5.41) is 3.43. The molecule has 0 aromatic heterocycles. The van der Waals surface area contributed by atoms with Gasteiger partial charge >= 0.3 is 0 Å². The van der Waals surface area contributed by atoms with E-state index < -0.39 is 11.6 Å². The Morgan fingerprint density at radius 2 is 2.00 bits per heavy atom. The van der Waals surface area contributed by atoms with Gasteiger partial charge in [-0.25, -0.2) is 0 Å². The third kappa shape index (κ3) is 2.38. The molecule has 2 aliphatic heterocycles. The number of halogens is 1. The van der Waals surface area contributed by atoms with Gasteiger partial charge in [0.25, 0.3) is 0 Å². The molecule has 2 aromatic carbocycles. The molecule has 4 rings (SSSR count). The normalized spacial score (nSPS) is 27.7. The van der Waals surface area contributed by atoms with Gasteiger partial charge in [0.2, 0.25) is 5.91 Å². The third-order valence-electron chi connectivity index (χ3n) is 4.73. The number of hydrogen-bond acceptors (Lipinski definition) is 3. The molecule has 1 amide bonds. The average Bonchev–Trinajstić information content (AvgIpc) is 2.55. The second kappa shape index (κ2) is 5.35. The first-order chi connectivity index (χ1) is 11.5.